The highest BCUT2D eigenvalue weighted by molar-refractivity contribution is 9.10. The normalized spacial score (nSPS) is 12.3. The van der Waals surface area contributed by atoms with E-state index in [2.05, 4.69) is 41.2 Å². The van der Waals surface area contributed by atoms with Crippen LogP contribution in [0.3, 0.4) is 0 Å². The summed E-state index contributed by atoms with van der Waals surface area (Å²) in [6.45, 7) is 4.79. The number of ether oxygens (including phenoxy) is 2. The van der Waals surface area contributed by atoms with Gasteiger partial charge in [-0.05, 0) is 31.5 Å². The van der Waals surface area contributed by atoms with Crippen molar-refractivity contribution in [3.63, 3.8) is 0 Å². The van der Waals surface area contributed by atoms with E-state index in [1.54, 1.807) is 14.2 Å². The van der Waals surface area contributed by atoms with Crippen molar-refractivity contribution in [1.29, 1.82) is 0 Å². The number of benzene rings is 1. The van der Waals surface area contributed by atoms with Crippen molar-refractivity contribution in [3.05, 3.63) is 22.2 Å². The topological polar surface area (TPSA) is 30.5 Å². The Morgan fingerprint density at radius 3 is 2.62 bits per heavy atom. The van der Waals surface area contributed by atoms with Crippen molar-refractivity contribution in [3.8, 4) is 5.75 Å². The summed E-state index contributed by atoms with van der Waals surface area (Å²) in [5.74, 6) is 0.842. The van der Waals surface area contributed by atoms with E-state index in [1.807, 2.05) is 6.07 Å². The van der Waals surface area contributed by atoms with E-state index >= 15 is 0 Å². The van der Waals surface area contributed by atoms with E-state index in [9.17, 15) is 0 Å². The van der Waals surface area contributed by atoms with Crippen LogP contribution in [0.2, 0.25) is 0 Å². The molecule has 0 spiro atoms. The van der Waals surface area contributed by atoms with E-state index < -0.39 is 0 Å². The molecule has 0 amide bonds. The fourth-order valence-corrected chi connectivity index (χ4v) is 2.15. The lowest BCUT2D eigenvalue weighted by atomic mass is 10.1. The van der Waals surface area contributed by atoms with Gasteiger partial charge in [0, 0.05) is 17.6 Å². The van der Waals surface area contributed by atoms with Crippen LogP contribution in [0, 0.1) is 6.92 Å². The van der Waals surface area contributed by atoms with Gasteiger partial charge in [0.1, 0.15) is 5.75 Å². The number of hydrogen-bond acceptors (Lipinski definition) is 3. The lowest BCUT2D eigenvalue weighted by molar-refractivity contribution is 0.190. The maximum atomic E-state index is 5.35. The smallest absolute Gasteiger partial charge is 0.143 e. The van der Waals surface area contributed by atoms with Gasteiger partial charge in [0.25, 0.3) is 0 Å². The molecule has 0 aliphatic heterocycles. The molecule has 0 saturated heterocycles. The summed E-state index contributed by atoms with van der Waals surface area (Å²) >= 11 is 3.45. The van der Waals surface area contributed by atoms with E-state index in [0.717, 1.165) is 21.5 Å². The molecule has 0 bridgehead atoms. The Kier molecular flexibility index (Phi) is 5.09. The minimum atomic E-state index is 0.249. The summed E-state index contributed by atoms with van der Waals surface area (Å²) in [5.41, 5.74) is 2.17. The number of halogens is 1. The number of nitrogens with one attached hydrogen (secondary N) is 1. The Morgan fingerprint density at radius 2 is 2.06 bits per heavy atom. The first-order chi connectivity index (χ1) is 7.58. The molecule has 16 heavy (non-hydrogen) atoms. The standard InChI is InChI=1S/C12H18BrNO2/c1-8-5-10(13)6-11(16-4)12(8)14-9(2)7-15-3/h5-6,9,14H,7H2,1-4H3. The highest BCUT2D eigenvalue weighted by Crippen LogP contribution is 2.32. The largest absolute Gasteiger partial charge is 0.495 e. The average Bonchev–Trinajstić information content (AvgIpc) is 2.22. The van der Waals surface area contributed by atoms with Gasteiger partial charge in [0.2, 0.25) is 0 Å². The van der Waals surface area contributed by atoms with Crippen molar-refractivity contribution in [1.82, 2.24) is 0 Å². The second-order valence-electron chi connectivity index (χ2n) is 3.80. The van der Waals surface area contributed by atoms with Gasteiger partial charge in [-0.25, -0.2) is 0 Å². The minimum absolute atomic E-state index is 0.249. The number of aryl methyl sites for hydroxylation is 1. The van der Waals surface area contributed by atoms with Gasteiger partial charge in [-0.15, -0.1) is 0 Å². The van der Waals surface area contributed by atoms with Gasteiger partial charge >= 0.3 is 0 Å². The highest BCUT2D eigenvalue weighted by atomic mass is 79.9. The maximum Gasteiger partial charge on any atom is 0.143 e. The zero-order chi connectivity index (χ0) is 12.1. The zero-order valence-electron chi connectivity index (χ0n) is 10.1. The molecule has 3 nitrogen and oxygen atoms in total. The van der Waals surface area contributed by atoms with Crippen LogP contribution in [0.4, 0.5) is 5.69 Å². The molecule has 0 aliphatic carbocycles. The number of rotatable bonds is 5. The van der Waals surface area contributed by atoms with Crippen LogP contribution in [0.25, 0.3) is 0 Å². The SMILES string of the molecule is COCC(C)Nc1c(C)cc(Br)cc1OC. The van der Waals surface area contributed by atoms with Gasteiger partial charge in [-0.3, -0.25) is 0 Å². The Balaban J connectivity index is 2.93. The molecular formula is C12H18BrNO2. The predicted molar refractivity (Wildman–Crippen MR) is 70.4 cm³/mol. The molecule has 0 aliphatic rings. The summed E-state index contributed by atoms with van der Waals surface area (Å²) in [6, 6.07) is 4.26. The van der Waals surface area contributed by atoms with Crippen molar-refractivity contribution >= 4 is 21.6 Å². The molecule has 1 aromatic carbocycles. The Morgan fingerprint density at radius 1 is 1.38 bits per heavy atom. The summed E-state index contributed by atoms with van der Waals surface area (Å²) < 4.78 is 11.5. The Hall–Kier alpha value is -0.740. The van der Waals surface area contributed by atoms with Gasteiger partial charge in [0.05, 0.1) is 19.4 Å². The Labute approximate surface area is 105 Å². The van der Waals surface area contributed by atoms with Gasteiger partial charge in [-0.1, -0.05) is 15.9 Å². The predicted octanol–water partition coefficient (Wildman–Crippen LogP) is 3.21. The van der Waals surface area contributed by atoms with Crippen LogP contribution < -0.4 is 10.1 Å². The van der Waals surface area contributed by atoms with Crippen LogP contribution in [-0.2, 0) is 4.74 Å². The molecule has 4 heteroatoms. The first-order valence-electron chi connectivity index (χ1n) is 5.18. The fraction of sp³-hybridized carbons (Fsp3) is 0.500. The van der Waals surface area contributed by atoms with Crippen LogP contribution in [-0.4, -0.2) is 26.9 Å². The molecule has 1 aromatic rings. The van der Waals surface area contributed by atoms with Gasteiger partial charge < -0.3 is 14.8 Å². The molecule has 1 atom stereocenters. The van der Waals surface area contributed by atoms with E-state index in [4.69, 9.17) is 9.47 Å². The maximum absolute atomic E-state index is 5.35. The number of methoxy groups -OCH3 is 2. The quantitative estimate of drug-likeness (QED) is 0.902. The second kappa shape index (κ2) is 6.11. The van der Waals surface area contributed by atoms with Crippen LogP contribution in [0.1, 0.15) is 12.5 Å². The van der Waals surface area contributed by atoms with E-state index in [0.29, 0.717) is 6.61 Å². The third-order valence-corrected chi connectivity index (χ3v) is 2.75. The molecule has 0 heterocycles. The zero-order valence-corrected chi connectivity index (χ0v) is 11.7. The second-order valence-corrected chi connectivity index (χ2v) is 4.72. The first-order valence-corrected chi connectivity index (χ1v) is 5.97. The van der Waals surface area contributed by atoms with Crippen molar-refractivity contribution < 1.29 is 9.47 Å². The molecule has 1 unspecified atom stereocenters. The van der Waals surface area contributed by atoms with Crippen molar-refractivity contribution in [2.24, 2.45) is 0 Å². The van der Waals surface area contributed by atoms with Crippen LogP contribution >= 0.6 is 15.9 Å². The van der Waals surface area contributed by atoms with Crippen molar-refractivity contribution in [2.45, 2.75) is 19.9 Å². The average molecular weight is 288 g/mol. The third-order valence-electron chi connectivity index (χ3n) is 2.29. The molecular weight excluding hydrogens is 270 g/mol. The summed E-state index contributed by atoms with van der Waals surface area (Å²) in [4.78, 5) is 0. The summed E-state index contributed by atoms with van der Waals surface area (Å²) in [7, 11) is 3.37. The lowest BCUT2D eigenvalue weighted by Gasteiger charge is -2.19. The molecule has 0 radical (unpaired) electrons. The summed E-state index contributed by atoms with van der Waals surface area (Å²) in [5, 5.41) is 3.39. The molecule has 0 fully saturated rings. The number of hydrogen-bond donors (Lipinski definition) is 1. The van der Waals surface area contributed by atoms with E-state index in [-0.39, 0.29) is 6.04 Å². The molecule has 1 N–H and O–H groups in total. The number of anilines is 1. The minimum Gasteiger partial charge on any atom is -0.495 e. The molecule has 90 valence electrons. The Bertz CT molecular complexity index is 355. The fourth-order valence-electron chi connectivity index (χ4n) is 1.60. The third kappa shape index (κ3) is 3.39. The van der Waals surface area contributed by atoms with E-state index in [1.165, 1.54) is 0 Å². The molecule has 0 saturated carbocycles. The van der Waals surface area contributed by atoms with Crippen LogP contribution in [0.15, 0.2) is 16.6 Å². The highest BCUT2D eigenvalue weighted by Gasteiger charge is 2.10. The molecule has 0 aromatic heterocycles. The van der Waals surface area contributed by atoms with Crippen molar-refractivity contribution in [2.75, 3.05) is 26.1 Å². The molecule has 1 rings (SSSR count). The van der Waals surface area contributed by atoms with Gasteiger partial charge in [-0.2, -0.15) is 0 Å². The van der Waals surface area contributed by atoms with Crippen LogP contribution in [0.5, 0.6) is 5.75 Å². The lowest BCUT2D eigenvalue weighted by Crippen LogP contribution is -2.21. The van der Waals surface area contributed by atoms with Gasteiger partial charge in [0.15, 0.2) is 0 Å². The summed E-state index contributed by atoms with van der Waals surface area (Å²) in [6.07, 6.45) is 0. The monoisotopic (exact) mass is 287 g/mol. The first kappa shape index (κ1) is 13.3.